The summed E-state index contributed by atoms with van der Waals surface area (Å²) in [5, 5.41) is 13.4. The van der Waals surface area contributed by atoms with E-state index in [1.165, 1.54) is 15.8 Å². The molecule has 35 heavy (non-hydrogen) atoms. The quantitative estimate of drug-likeness (QED) is 0.263. The number of fused-ring (bicyclic) bond motifs is 1. The Hall–Kier alpha value is -3.78. The van der Waals surface area contributed by atoms with Crippen molar-refractivity contribution in [3.63, 3.8) is 0 Å². The van der Waals surface area contributed by atoms with Crippen molar-refractivity contribution >= 4 is 28.8 Å². The number of hydrogen-bond acceptors (Lipinski definition) is 5. The molecule has 1 aliphatic heterocycles. The van der Waals surface area contributed by atoms with Crippen LogP contribution in [0.25, 0.3) is 0 Å². The molecular weight excluding hydrogens is 462 g/mol. The molecule has 180 valence electrons. The van der Waals surface area contributed by atoms with Gasteiger partial charge in [-0.3, -0.25) is 19.7 Å². The summed E-state index contributed by atoms with van der Waals surface area (Å²) in [6, 6.07) is 14.4. The van der Waals surface area contributed by atoms with E-state index in [-0.39, 0.29) is 36.3 Å². The van der Waals surface area contributed by atoms with Gasteiger partial charge in [0.05, 0.1) is 11.0 Å². The number of nitro groups is 1. The van der Waals surface area contributed by atoms with Gasteiger partial charge in [-0.1, -0.05) is 42.0 Å². The van der Waals surface area contributed by atoms with Gasteiger partial charge < -0.3 is 9.80 Å². The van der Waals surface area contributed by atoms with E-state index in [0.29, 0.717) is 12.1 Å². The van der Waals surface area contributed by atoms with Gasteiger partial charge in [0.15, 0.2) is 0 Å². The molecule has 3 aromatic rings. The molecule has 8 heteroatoms. The Kier molecular flexibility index (Phi) is 7.12. The molecule has 0 saturated heterocycles. The Morgan fingerprint density at radius 1 is 1.20 bits per heavy atom. The summed E-state index contributed by atoms with van der Waals surface area (Å²) in [5.74, 6) is -0.620. The summed E-state index contributed by atoms with van der Waals surface area (Å²) in [5.41, 5.74) is 3.81. The third kappa shape index (κ3) is 5.02. The van der Waals surface area contributed by atoms with E-state index in [2.05, 4.69) is 18.0 Å². The Morgan fingerprint density at radius 3 is 2.63 bits per heavy atom. The molecule has 4 rings (SSSR count). The predicted octanol–water partition coefficient (Wildman–Crippen LogP) is 5.08. The maximum absolute atomic E-state index is 13.6. The highest BCUT2D eigenvalue weighted by Crippen LogP contribution is 2.38. The van der Waals surface area contributed by atoms with Crippen LogP contribution < -0.4 is 0 Å². The minimum absolute atomic E-state index is 0.124. The molecule has 7 nitrogen and oxygen atoms in total. The summed E-state index contributed by atoms with van der Waals surface area (Å²) >= 11 is 1.70. The number of amides is 2. The van der Waals surface area contributed by atoms with E-state index >= 15 is 0 Å². The SMILES string of the molecule is C=CCN(CC(=O)N1CCc2sccc2C1c1ccc(C)cc1)C(=O)c1ccc(C)c([N+](=O)[O-])c1. The topological polar surface area (TPSA) is 83.8 Å². The van der Waals surface area contributed by atoms with E-state index < -0.39 is 10.8 Å². The molecule has 1 unspecified atom stereocenters. The smallest absolute Gasteiger partial charge is 0.273 e. The fraction of sp³-hybridized carbons (Fsp3) is 0.259. The van der Waals surface area contributed by atoms with Crippen LogP contribution in [-0.4, -0.2) is 46.2 Å². The Morgan fingerprint density at radius 2 is 1.94 bits per heavy atom. The highest BCUT2D eigenvalue weighted by atomic mass is 32.1. The van der Waals surface area contributed by atoms with Gasteiger partial charge in [-0.25, -0.2) is 0 Å². The van der Waals surface area contributed by atoms with Crippen molar-refractivity contribution in [3.8, 4) is 0 Å². The van der Waals surface area contributed by atoms with Gasteiger partial charge in [0.25, 0.3) is 11.6 Å². The van der Waals surface area contributed by atoms with E-state index in [1.807, 2.05) is 36.1 Å². The molecule has 2 heterocycles. The number of thiophene rings is 1. The van der Waals surface area contributed by atoms with E-state index in [1.54, 1.807) is 36.5 Å². The first kappa shape index (κ1) is 24.3. The second-order valence-corrected chi connectivity index (χ2v) is 9.68. The average Bonchev–Trinajstić information content (AvgIpc) is 3.32. The standard InChI is InChI=1S/C27H27N3O4S/c1-4-13-28(27(32)21-10-7-19(3)23(16-21)30(33)34)17-25(31)29-14-11-24-22(12-15-35-24)26(29)20-8-5-18(2)6-9-20/h4-10,12,15-16,26H,1,11,13-14,17H2,2-3H3. The van der Waals surface area contributed by atoms with Crippen molar-refractivity contribution in [2.45, 2.75) is 26.3 Å². The molecule has 0 aliphatic carbocycles. The van der Waals surface area contributed by atoms with Crippen LogP contribution >= 0.6 is 11.3 Å². The number of aryl methyl sites for hydroxylation is 2. The predicted molar refractivity (Wildman–Crippen MR) is 137 cm³/mol. The number of carbonyl (C=O) groups excluding carboxylic acids is 2. The third-order valence-electron chi connectivity index (χ3n) is 6.29. The Labute approximate surface area is 208 Å². The van der Waals surface area contributed by atoms with Crippen LogP contribution in [0.2, 0.25) is 0 Å². The maximum Gasteiger partial charge on any atom is 0.273 e. The number of nitro benzene ring substituents is 1. The zero-order chi connectivity index (χ0) is 25.1. The number of rotatable bonds is 7. The molecule has 0 fully saturated rings. The van der Waals surface area contributed by atoms with Crippen LogP contribution in [0.5, 0.6) is 0 Å². The first-order valence-corrected chi connectivity index (χ1v) is 12.3. The lowest BCUT2D eigenvalue weighted by molar-refractivity contribution is -0.385. The zero-order valence-corrected chi connectivity index (χ0v) is 20.6. The molecule has 0 saturated carbocycles. The molecule has 0 N–H and O–H groups in total. The molecule has 0 radical (unpaired) electrons. The molecule has 1 atom stereocenters. The van der Waals surface area contributed by atoms with Gasteiger partial charge in [-0.2, -0.15) is 0 Å². The molecule has 1 aliphatic rings. The lowest BCUT2D eigenvalue weighted by Crippen LogP contribution is -2.46. The summed E-state index contributed by atoms with van der Waals surface area (Å²) in [4.78, 5) is 42.2. The van der Waals surface area contributed by atoms with Gasteiger partial charge in [-0.15, -0.1) is 17.9 Å². The van der Waals surface area contributed by atoms with Crippen LogP contribution in [0.15, 0.2) is 66.6 Å². The maximum atomic E-state index is 13.6. The fourth-order valence-electron chi connectivity index (χ4n) is 4.44. The number of hydrogen-bond donors (Lipinski definition) is 0. The van der Waals surface area contributed by atoms with Crippen molar-refractivity contribution in [2.24, 2.45) is 0 Å². The molecule has 0 bridgehead atoms. The summed E-state index contributed by atoms with van der Waals surface area (Å²) < 4.78 is 0. The van der Waals surface area contributed by atoms with E-state index in [0.717, 1.165) is 23.1 Å². The van der Waals surface area contributed by atoms with Gasteiger partial charge in [0.2, 0.25) is 5.91 Å². The normalized spacial score (nSPS) is 14.8. The monoisotopic (exact) mass is 489 g/mol. The van der Waals surface area contributed by atoms with Crippen LogP contribution in [0, 0.1) is 24.0 Å². The van der Waals surface area contributed by atoms with Crippen molar-refractivity contribution < 1.29 is 14.5 Å². The fourth-order valence-corrected chi connectivity index (χ4v) is 5.35. The Bertz CT molecular complexity index is 1280. The third-order valence-corrected chi connectivity index (χ3v) is 7.29. The Balaban J connectivity index is 1.62. The molecule has 0 spiro atoms. The van der Waals surface area contributed by atoms with Crippen molar-refractivity contribution in [2.75, 3.05) is 19.6 Å². The lowest BCUT2D eigenvalue weighted by atomic mass is 9.92. The number of benzene rings is 2. The second-order valence-electron chi connectivity index (χ2n) is 8.68. The van der Waals surface area contributed by atoms with Crippen molar-refractivity contribution in [1.82, 2.24) is 9.80 Å². The van der Waals surface area contributed by atoms with Crippen LogP contribution in [-0.2, 0) is 11.2 Å². The van der Waals surface area contributed by atoms with Crippen LogP contribution in [0.4, 0.5) is 5.69 Å². The summed E-state index contributed by atoms with van der Waals surface area (Å²) in [6.07, 6.45) is 2.32. The molecular formula is C27H27N3O4S. The number of carbonyl (C=O) groups is 2. The summed E-state index contributed by atoms with van der Waals surface area (Å²) in [6.45, 7) is 7.93. The van der Waals surface area contributed by atoms with Crippen molar-refractivity contribution in [3.05, 3.63) is 109 Å². The van der Waals surface area contributed by atoms with Crippen molar-refractivity contribution in [1.29, 1.82) is 0 Å². The van der Waals surface area contributed by atoms with Crippen LogP contribution in [0.3, 0.4) is 0 Å². The first-order valence-electron chi connectivity index (χ1n) is 11.4. The largest absolute Gasteiger partial charge is 0.330 e. The zero-order valence-electron chi connectivity index (χ0n) is 19.8. The molecule has 1 aromatic heterocycles. The van der Waals surface area contributed by atoms with E-state index in [9.17, 15) is 19.7 Å². The minimum atomic E-state index is -0.506. The first-order chi connectivity index (χ1) is 16.8. The molecule has 2 amide bonds. The van der Waals surface area contributed by atoms with Gasteiger partial charge >= 0.3 is 0 Å². The van der Waals surface area contributed by atoms with Gasteiger partial charge in [0, 0.05) is 35.2 Å². The number of nitrogens with zero attached hydrogens (tertiary/aromatic N) is 3. The van der Waals surface area contributed by atoms with Gasteiger partial charge in [0.1, 0.15) is 6.54 Å². The van der Waals surface area contributed by atoms with E-state index in [4.69, 9.17) is 0 Å². The summed E-state index contributed by atoms with van der Waals surface area (Å²) in [7, 11) is 0. The average molecular weight is 490 g/mol. The second kappa shape index (κ2) is 10.2. The lowest BCUT2D eigenvalue weighted by Gasteiger charge is -2.37. The highest BCUT2D eigenvalue weighted by molar-refractivity contribution is 7.10. The van der Waals surface area contributed by atoms with Crippen LogP contribution in [0.1, 0.15) is 43.5 Å². The van der Waals surface area contributed by atoms with Gasteiger partial charge in [-0.05, 0) is 48.9 Å². The molecule has 2 aromatic carbocycles. The highest BCUT2D eigenvalue weighted by Gasteiger charge is 2.34. The minimum Gasteiger partial charge on any atom is -0.330 e.